The predicted octanol–water partition coefficient (Wildman–Crippen LogP) is 2.39. The van der Waals surface area contributed by atoms with Crippen LogP contribution in [-0.2, 0) is 9.47 Å². The molecule has 0 saturated carbocycles. The minimum atomic E-state index is 0.387. The zero-order valence-corrected chi connectivity index (χ0v) is 16.8. The Morgan fingerprint density at radius 1 is 1.08 bits per heavy atom. The Balaban J connectivity index is 1.53. The highest BCUT2D eigenvalue weighted by Gasteiger charge is 2.13. The van der Waals surface area contributed by atoms with Crippen LogP contribution in [-0.4, -0.2) is 76.1 Å². The van der Waals surface area contributed by atoms with E-state index < -0.39 is 0 Å². The highest BCUT2D eigenvalue weighted by molar-refractivity contribution is 5.79. The summed E-state index contributed by atoms with van der Waals surface area (Å²) in [5.74, 6) is 0.939. The molecule has 0 atom stereocenters. The number of likely N-dealkylation sites (tertiary alicyclic amines) is 1. The highest BCUT2D eigenvalue weighted by Crippen LogP contribution is 2.11. The van der Waals surface area contributed by atoms with Crippen LogP contribution in [0.25, 0.3) is 0 Å². The summed E-state index contributed by atoms with van der Waals surface area (Å²) >= 11 is 0. The summed E-state index contributed by atoms with van der Waals surface area (Å²) in [5.41, 5.74) is 0. The summed E-state index contributed by atoms with van der Waals surface area (Å²) < 4.78 is 11.3. The Morgan fingerprint density at radius 3 is 2.58 bits per heavy atom. The van der Waals surface area contributed by atoms with Gasteiger partial charge < -0.3 is 25.0 Å². The van der Waals surface area contributed by atoms with Gasteiger partial charge in [-0.3, -0.25) is 4.99 Å². The van der Waals surface area contributed by atoms with E-state index in [0.29, 0.717) is 6.10 Å². The van der Waals surface area contributed by atoms with Crippen LogP contribution in [0, 0.1) is 0 Å². The summed E-state index contributed by atoms with van der Waals surface area (Å²) in [7, 11) is 0. The van der Waals surface area contributed by atoms with Crippen LogP contribution in [0.5, 0.6) is 0 Å². The molecule has 6 heteroatoms. The van der Waals surface area contributed by atoms with Crippen molar-refractivity contribution in [2.24, 2.45) is 4.99 Å². The van der Waals surface area contributed by atoms with Gasteiger partial charge in [-0.1, -0.05) is 12.8 Å². The van der Waals surface area contributed by atoms with E-state index in [1.165, 1.54) is 51.7 Å². The SMILES string of the molecule is CCNC(=NCCCOC1CCOCC1)NCCCN1CCCCCC1. The molecular weight excluding hydrogens is 328 g/mol. The van der Waals surface area contributed by atoms with Crippen LogP contribution < -0.4 is 10.6 Å². The summed E-state index contributed by atoms with van der Waals surface area (Å²) in [4.78, 5) is 7.29. The summed E-state index contributed by atoms with van der Waals surface area (Å²) in [6.45, 7) is 11.0. The van der Waals surface area contributed by atoms with Gasteiger partial charge in [-0.15, -0.1) is 0 Å². The second-order valence-corrected chi connectivity index (χ2v) is 7.33. The molecule has 0 aromatic heterocycles. The molecule has 152 valence electrons. The first-order valence-corrected chi connectivity index (χ1v) is 10.8. The van der Waals surface area contributed by atoms with Gasteiger partial charge in [0, 0.05) is 39.5 Å². The Morgan fingerprint density at radius 2 is 1.85 bits per heavy atom. The molecule has 2 heterocycles. The number of aliphatic imine (C=N–C) groups is 1. The van der Waals surface area contributed by atoms with Crippen molar-refractivity contribution in [2.75, 3.05) is 59.1 Å². The van der Waals surface area contributed by atoms with Crippen molar-refractivity contribution >= 4 is 5.96 Å². The third-order valence-electron chi connectivity index (χ3n) is 5.08. The van der Waals surface area contributed by atoms with Crippen molar-refractivity contribution in [1.82, 2.24) is 15.5 Å². The van der Waals surface area contributed by atoms with Gasteiger partial charge in [0.05, 0.1) is 6.10 Å². The van der Waals surface area contributed by atoms with E-state index in [1.54, 1.807) is 0 Å². The average molecular weight is 369 g/mol. The monoisotopic (exact) mass is 368 g/mol. The molecule has 0 radical (unpaired) electrons. The average Bonchev–Trinajstić information content (AvgIpc) is 2.94. The lowest BCUT2D eigenvalue weighted by Gasteiger charge is -2.22. The molecule has 2 rings (SSSR count). The molecule has 26 heavy (non-hydrogen) atoms. The maximum atomic E-state index is 5.91. The van der Waals surface area contributed by atoms with Gasteiger partial charge in [0.2, 0.25) is 0 Å². The number of guanidine groups is 1. The molecule has 0 spiro atoms. The Kier molecular flexibility index (Phi) is 11.7. The number of rotatable bonds is 10. The standard InChI is InChI=1S/C20H40N4O2/c1-2-21-20(22-11-7-15-24-13-5-3-4-6-14-24)23-12-8-16-26-19-9-17-25-18-10-19/h19H,2-18H2,1H3,(H2,21,22,23). The summed E-state index contributed by atoms with van der Waals surface area (Å²) in [6.07, 6.45) is 10.2. The molecule has 0 amide bonds. The smallest absolute Gasteiger partial charge is 0.191 e. The maximum Gasteiger partial charge on any atom is 0.191 e. The van der Waals surface area contributed by atoms with Crippen molar-refractivity contribution in [1.29, 1.82) is 0 Å². The molecular formula is C20H40N4O2. The van der Waals surface area contributed by atoms with Gasteiger partial charge in [-0.25, -0.2) is 0 Å². The second kappa shape index (κ2) is 14.2. The number of nitrogens with one attached hydrogen (secondary N) is 2. The molecule has 2 fully saturated rings. The minimum absolute atomic E-state index is 0.387. The topological polar surface area (TPSA) is 58.1 Å². The molecule has 2 aliphatic rings. The van der Waals surface area contributed by atoms with Gasteiger partial charge in [-0.2, -0.15) is 0 Å². The molecule has 0 aromatic rings. The molecule has 0 unspecified atom stereocenters. The lowest BCUT2D eigenvalue weighted by atomic mass is 10.1. The van der Waals surface area contributed by atoms with E-state index in [1.807, 2.05) is 0 Å². The Hall–Kier alpha value is -0.850. The fourth-order valence-corrected chi connectivity index (χ4v) is 3.56. The van der Waals surface area contributed by atoms with Crippen LogP contribution in [0.1, 0.15) is 58.3 Å². The van der Waals surface area contributed by atoms with Crippen molar-refractivity contribution in [2.45, 2.75) is 64.4 Å². The van der Waals surface area contributed by atoms with Gasteiger partial charge >= 0.3 is 0 Å². The molecule has 0 bridgehead atoms. The maximum absolute atomic E-state index is 5.91. The van der Waals surface area contributed by atoms with Gasteiger partial charge in [0.1, 0.15) is 0 Å². The normalized spacial score (nSPS) is 20.7. The quantitative estimate of drug-likeness (QED) is 0.352. The number of ether oxygens (including phenoxy) is 2. The fraction of sp³-hybridized carbons (Fsp3) is 0.950. The lowest BCUT2D eigenvalue weighted by molar-refractivity contribution is -0.0318. The molecule has 0 aliphatic carbocycles. The molecule has 0 aromatic carbocycles. The third kappa shape index (κ3) is 9.74. The zero-order chi connectivity index (χ0) is 18.3. The molecule has 2 aliphatic heterocycles. The summed E-state index contributed by atoms with van der Waals surface area (Å²) in [5, 5.41) is 6.81. The van der Waals surface area contributed by atoms with Crippen LogP contribution in [0.15, 0.2) is 4.99 Å². The van der Waals surface area contributed by atoms with Crippen LogP contribution >= 0.6 is 0 Å². The first-order valence-electron chi connectivity index (χ1n) is 10.8. The summed E-state index contributed by atoms with van der Waals surface area (Å²) in [6, 6.07) is 0. The third-order valence-corrected chi connectivity index (χ3v) is 5.08. The van der Waals surface area contributed by atoms with Gasteiger partial charge in [0.25, 0.3) is 0 Å². The van der Waals surface area contributed by atoms with Crippen molar-refractivity contribution < 1.29 is 9.47 Å². The first-order chi connectivity index (χ1) is 12.9. The van der Waals surface area contributed by atoms with E-state index in [4.69, 9.17) is 9.47 Å². The van der Waals surface area contributed by atoms with Crippen molar-refractivity contribution in [3.8, 4) is 0 Å². The van der Waals surface area contributed by atoms with E-state index in [9.17, 15) is 0 Å². The van der Waals surface area contributed by atoms with Crippen molar-refractivity contribution in [3.05, 3.63) is 0 Å². The van der Waals surface area contributed by atoms with Gasteiger partial charge in [-0.05, 0) is 65.1 Å². The fourth-order valence-electron chi connectivity index (χ4n) is 3.56. The molecule has 2 N–H and O–H groups in total. The largest absolute Gasteiger partial charge is 0.381 e. The predicted molar refractivity (Wildman–Crippen MR) is 108 cm³/mol. The number of hydrogen-bond acceptors (Lipinski definition) is 4. The van der Waals surface area contributed by atoms with Crippen LogP contribution in [0.4, 0.5) is 0 Å². The minimum Gasteiger partial charge on any atom is -0.381 e. The van der Waals surface area contributed by atoms with E-state index in [-0.39, 0.29) is 0 Å². The van der Waals surface area contributed by atoms with Gasteiger partial charge in [0.15, 0.2) is 5.96 Å². The van der Waals surface area contributed by atoms with Crippen LogP contribution in [0.2, 0.25) is 0 Å². The van der Waals surface area contributed by atoms with Crippen molar-refractivity contribution in [3.63, 3.8) is 0 Å². The lowest BCUT2D eigenvalue weighted by Crippen LogP contribution is -2.39. The highest BCUT2D eigenvalue weighted by atomic mass is 16.5. The van der Waals surface area contributed by atoms with E-state index in [0.717, 1.165) is 64.7 Å². The molecule has 2 saturated heterocycles. The number of hydrogen-bond donors (Lipinski definition) is 2. The first kappa shape index (κ1) is 21.5. The van der Waals surface area contributed by atoms with E-state index in [2.05, 4.69) is 27.4 Å². The van der Waals surface area contributed by atoms with Crippen LogP contribution in [0.3, 0.4) is 0 Å². The zero-order valence-electron chi connectivity index (χ0n) is 16.8. The Bertz CT molecular complexity index is 365. The molecule has 6 nitrogen and oxygen atoms in total. The second-order valence-electron chi connectivity index (χ2n) is 7.33. The Labute approximate surface area is 160 Å². The number of nitrogens with zero attached hydrogens (tertiary/aromatic N) is 2. The van der Waals surface area contributed by atoms with E-state index >= 15 is 0 Å².